The Morgan fingerprint density at radius 1 is 1.53 bits per heavy atom. The largest absolute Gasteiger partial charge is 0.434 e. The summed E-state index contributed by atoms with van der Waals surface area (Å²) in [5.41, 5.74) is -1.55. The summed E-state index contributed by atoms with van der Waals surface area (Å²) in [7, 11) is 1.50. The lowest BCUT2D eigenvalue weighted by Gasteiger charge is -2.25. The zero-order chi connectivity index (χ0) is 14.6. The van der Waals surface area contributed by atoms with Crippen LogP contribution in [-0.2, 0) is 6.18 Å². The van der Waals surface area contributed by atoms with Gasteiger partial charge in [0.25, 0.3) is 5.91 Å². The molecule has 19 heavy (non-hydrogen) atoms. The second-order valence-corrected chi connectivity index (χ2v) is 5.03. The number of pyridine rings is 1. The number of thioether (sulfide) groups is 1. The van der Waals surface area contributed by atoms with E-state index in [1.807, 2.05) is 6.26 Å². The van der Waals surface area contributed by atoms with Gasteiger partial charge in [-0.25, -0.2) is 0 Å². The van der Waals surface area contributed by atoms with Crippen molar-refractivity contribution in [1.82, 2.24) is 9.88 Å². The predicted molar refractivity (Wildman–Crippen MR) is 69.2 cm³/mol. The van der Waals surface area contributed by atoms with Gasteiger partial charge in [0, 0.05) is 25.0 Å². The molecular formula is C12H15F3N2OS. The summed E-state index contributed by atoms with van der Waals surface area (Å²) in [5.74, 6) is -0.00824. The third-order valence-corrected chi connectivity index (χ3v) is 3.51. The fourth-order valence-electron chi connectivity index (χ4n) is 1.55. The monoisotopic (exact) mass is 292 g/mol. The number of halogens is 3. The molecule has 1 aromatic heterocycles. The van der Waals surface area contributed by atoms with Gasteiger partial charge in [-0.15, -0.1) is 0 Å². The van der Waals surface area contributed by atoms with Gasteiger partial charge in [0.2, 0.25) is 0 Å². The Balaban J connectivity index is 3.07. The third-order valence-electron chi connectivity index (χ3n) is 2.70. The van der Waals surface area contributed by atoms with Crippen molar-refractivity contribution in [3.8, 4) is 0 Å². The van der Waals surface area contributed by atoms with Crippen LogP contribution in [0.2, 0.25) is 0 Å². The van der Waals surface area contributed by atoms with E-state index in [4.69, 9.17) is 0 Å². The lowest BCUT2D eigenvalue weighted by Crippen LogP contribution is -2.37. The minimum Gasteiger partial charge on any atom is -0.338 e. The van der Waals surface area contributed by atoms with Crippen molar-refractivity contribution in [3.05, 3.63) is 29.6 Å². The van der Waals surface area contributed by atoms with E-state index in [0.717, 1.165) is 12.3 Å². The van der Waals surface area contributed by atoms with Crippen molar-refractivity contribution in [1.29, 1.82) is 0 Å². The van der Waals surface area contributed by atoms with Crippen LogP contribution in [0, 0.1) is 0 Å². The number of carbonyl (C=O) groups is 1. The van der Waals surface area contributed by atoms with Gasteiger partial charge >= 0.3 is 6.18 Å². The van der Waals surface area contributed by atoms with Crippen LogP contribution in [0.5, 0.6) is 0 Å². The molecule has 0 aromatic carbocycles. The van der Waals surface area contributed by atoms with Gasteiger partial charge in [0.05, 0.1) is 5.56 Å². The molecule has 0 N–H and O–H groups in total. The van der Waals surface area contributed by atoms with Crippen LogP contribution in [-0.4, -0.2) is 40.9 Å². The number of hydrogen-bond donors (Lipinski definition) is 0. The van der Waals surface area contributed by atoms with Gasteiger partial charge in [-0.2, -0.15) is 24.9 Å². The molecule has 0 aliphatic carbocycles. The molecular weight excluding hydrogens is 277 g/mol. The number of rotatable bonds is 4. The lowest BCUT2D eigenvalue weighted by molar-refractivity contribution is -0.141. The minimum atomic E-state index is -4.63. The van der Waals surface area contributed by atoms with Crippen molar-refractivity contribution in [2.24, 2.45) is 0 Å². The van der Waals surface area contributed by atoms with Crippen LogP contribution in [0.3, 0.4) is 0 Å². The van der Waals surface area contributed by atoms with Crippen LogP contribution in [0.15, 0.2) is 18.3 Å². The molecule has 0 aliphatic rings. The van der Waals surface area contributed by atoms with Gasteiger partial charge in [-0.05, 0) is 25.3 Å². The Labute approximate surface area is 114 Å². The standard InChI is InChI=1S/C12H15F3N2OS/c1-8(7-19-3)17(2)11(18)9-5-4-6-16-10(9)12(13,14)15/h4-6,8H,7H2,1-3H3/t8-/m0/s1. The number of aromatic nitrogens is 1. The number of nitrogens with zero attached hydrogens (tertiary/aromatic N) is 2. The Morgan fingerprint density at radius 2 is 2.16 bits per heavy atom. The maximum absolute atomic E-state index is 12.8. The highest BCUT2D eigenvalue weighted by atomic mass is 32.2. The van der Waals surface area contributed by atoms with Crippen molar-refractivity contribution < 1.29 is 18.0 Å². The molecule has 1 atom stereocenters. The molecule has 0 unspecified atom stereocenters. The molecule has 7 heteroatoms. The highest BCUT2D eigenvalue weighted by Gasteiger charge is 2.37. The molecule has 0 saturated carbocycles. The number of hydrogen-bond acceptors (Lipinski definition) is 3. The van der Waals surface area contributed by atoms with Crippen LogP contribution in [0.1, 0.15) is 23.0 Å². The van der Waals surface area contributed by atoms with E-state index in [1.54, 1.807) is 6.92 Å². The van der Waals surface area contributed by atoms with E-state index in [1.165, 1.54) is 29.8 Å². The first-order chi connectivity index (χ1) is 8.79. The van der Waals surface area contributed by atoms with E-state index in [-0.39, 0.29) is 6.04 Å². The summed E-state index contributed by atoms with van der Waals surface area (Å²) in [6.07, 6.45) is -1.72. The Morgan fingerprint density at radius 3 is 2.68 bits per heavy atom. The summed E-state index contributed by atoms with van der Waals surface area (Å²) in [6, 6.07) is 2.33. The van der Waals surface area contributed by atoms with Crippen LogP contribution in [0.4, 0.5) is 13.2 Å². The highest BCUT2D eigenvalue weighted by molar-refractivity contribution is 7.98. The number of amides is 1. The molecule has 106 valence electrons. The second kappa shape index (κ2) is 6.27. The zero-order valence-electron chi connectivity index (χ0n) is 10.9. The number of carbonyl (C=O) groups excluding carboxylic acids is 1. The van der Waals surface area contributed by atoms with Crippen LogP contribution < -0.4 is 0 Å². The molecule has 1 heterocycles. The molecule has 1 aromatic rings. The molecule has 1 amide bonds. The fourth-order valence-corrected chi connectivity index (χ4v) is 2.25. The van der Waals surface area contributed by atoms with E-state index in [2.05, 4.69) is 4.98 Å². The fraction of sp³-hybridized carbons (Fsp3) is 0.500. The molecule has 0 aliphatic heterocycles. The summed E-state index contributed by atoms with van der Waals surface area (Å²) in [5, 5.41) is 0. The summed E-state index contributed by atoms with van der Waals surface area (Å²) >= 11 is 1.53. The molecule has 0 fully saturated rings. The summed E-state index contributed by atoms with van der Waals surface area (Å²) < 4.78 is 38.4. The topological polar surface area (TPSA) is 33.2 Å². The van der Waals surface area contributed by atoms with Crippen LogP contribution in [0.25, 0.3) is 0 Å². The molecule has 1 rings (SSSR count). The maximum atomic E-state index is 12.8. The van der Waals surface area contributed by atoms with Crippen LogP contribution >= 0.6 is 11.8 Å². The minimum absolute atomic E-state index is 0.149. The normalized spacial score (nSPS) is 13.2. The van der Waals surface area contributed by atoms with Gasteiger partial charge in [0.1, 0.15) is 0 Å². The SMILES string of the molecule is CSC[C@H](C)N(C)C(=O)c1cccnc1C(F)(F)F. The highest BCUT2D eigenvalue weighted by Crippen LogP contribution is 2.30. The quantitative estimate of drug-likeness (QED) is 0.855. The lowest BCUT2D eigenvalue weighted by atomic mass is 10.1. The van der Waals surface area contributed by atoms with E-state index >= 15 is 0 Å². The smallest absolute Gasteiger partial charge is 0.338 e. The number of alkyl halides is 3. The summed E-state index contributed by atoms with van der Waals surface area (Å²) in [4.78, 5) is 16.7. The maximum Gasteiger partial charge on any atom is 0.434 e. The first kappa shape index (κ1) is 15.8. The Hall–Kier alpha value is -1.24. The van der Waals surface area contributed by atoms with Gasteiger partial charge in [0.15, 0.2) is 5.69 Å². The van der Waals surface area contributed by atoms with Crippen molar-refractivity contribution in [3.63, 3.8) is 0 Å². The van der Waals surface area contributed by atoms with Gasteiger partial charge < -0.3 is 4.90 Å². The van der Waals surface area contributed by atoms with Crippen molar-refractivity contribution >= 4 is 17.7 Å². The van der Waals surface area contributed by atoms with Gasteiger partial charge in [-0.3, -0.25) is 9.78 Å². The van der Waals surface area contributed by atoms with Gasteiger partial charge in [-0.1, -0.05) is 0 Å². The Kier molecular flexibility index (Phi) is 5.22. The molecule has 0 bridgehead atoms. The Bertz CT molecular complexity index is 451. The summed E-state index contributed by atoms with van der Waals surface area (Å²) in [6.45, 7) is 1.79. The first-order valence-electron chi connectivity index (χ1n) is 5.57. The average molecular weight is 292 g/mol. The van der Waals surface area contributed by atoms with E-state index in [9.17, 15) is 18.0 Å². The van der Waals surface area contributed by atoms with Crippen molar-refractivity contribution in [2.75, 3.05) is 19.1 Å². The van der Waals surface area contributed by atoms with Crippen molar-refractivity contribution in [2.45, 2.75) is 19.1 Å². The van der Waals surface area contributed by atoms with E-state index in [0.29, 0.717) is 5.75 Å². The molecule has 3 nitrogen and oxygen atoms in total. The second-order valence-electron chi connectivity index (χ2n) is 4.12. The third kappa shape index (κ3) is 3.86. The predicted octanol–water partition coefficient (Wildman–Crippen LogP) is 2.92. The molecule has 0 saturated heterocycles. The van der Waals surface area contributed by atoms with E-state index < -0.39 is 23.3 Å². The average Bonchev–Trinajstić information content (AvgIpc) is 2.36. The zero-order valence-corrected chi connectivity index (χ0v) is 11.7. The molecule has 0 spiro atoms. The molecule has 0 radical (unpaired) electrons. The first-order valence-corrected chi connectivity index (χ1v) is 6.96.